The van der Waals surface area contributed by atoms with Crippen LogP contribution in [0, 0.1) is 6.92 Å². The molecule has 0 saturated carbocycles. The van der Waals surface area contributed by atoms with Gasteiger partial charge in [0.2, 0.25) is 5.91 Å². The standard InChI is InChI=1S/C27H32N2O4S/c1-5-21-12-10-11-15-25(21)29(34(31,32)23-13-8-7-9-14-23)19-27(30)28-24(6-2)22-16-17-26(33-4)20(3)18-22/h7-18,24H,5-6,19H2,1-4H3,(H,28,30)/t24-/m1/s1. The van der Waals surface area contributed by atoms with Gasteiger partial charge in [-0.1, -0.05) is 62.4 Å². The third kappa shape index (κ3) is 5.59. The number of anilines is 1. The van der Waals surface area contributed by atoms with E-state index in [4.69, 9.17) is 4.74 Å². The Balaban J connectivity index is 1.93. The molecule has 0 aromatic heterocycles. The lowest BCUT2D eigenvalue weighted by atomic mass is 10.0. The Hall–Kier alpha value is -3.32. The highest BCUT2D eigenvalue weighted by Crippen LogP contribution is 2.28. The Labute approximate surface area is 202 Å². The third-order valence-electron chi connectivity index (χ3n) is 5.82. The molecule has 34 heavy (non-hydrogen) atoms. The second-order valence-corrected chi connectivity index (χ2v) is 9.93. The van der Waals surface area contributed by atoms with Gasteiger partial charge in [-0.05, 0) is 60.7 Å². The number of rotatable bonds is 10. The highest BCUT2D eigenvalue weighted by molar-refractivity contribution is 7.92. The summed E-state index contributed by atoms with van der Waals surface area (Å²) in [6.07, 6.45) is 1.30. The van der Waals surface area contributed by atoms with Gasteiger partial charge in [0.25, 0.3) is 10.0 Å². The van der Waals surface area contributed by atoms with Gasteiger partial charge in [0, 0.05) is 0 Å². The highest BCUT2D eigenvalue weighted by atomic mass is 32.2. The van der Waals surface area contributed by atoms with Gasteiger partial charge >= 0.3 is 0 Å². The number of carbonyl (C=O) groups is 1. The Bertz CT molecular complexity index is 1230. The number of hydrogen-bond acceptors (Lipinski definition) is 4. The Kier molecular flexibility index (Phi) is 8.34. The first-order valence-electron chi connectivity index (χ1n) is 11.4. The topological polar surface area (TPSA) is 75.7 Å². The zero-order chi connectivity index (χ0) is 24.7. The molecule has 0 saturated heterocycles. The number of sulfonamides is 1. The molecule has 0 fully saturated rings. The van der Waals surface area contributed by atoms with Crippen LogP contribution in [0.4, 0.5) is 5.69 Å². The normalized spacial score (nSPS) is 12.1. The van der Waals surface area contributed by atoms with Crippen LogP contribution in [-0.2, 0) is 21.2 Å². The number of aryl methyl sites for hydroxylation is 2. The first kappa shape index (κ1) is 25.3. The summed E-state index contributed by atoms with van der Waals surface area (Å²) in [6.45, 7) is 5.58. The van der Waals surface area contributed by atoms with Gasteiger partial charge < -0.3 is 10.1 Å². The Morgan fingerprint density at radius 2 is 1.68 bits per heavy atom. The molecular formula is C27H32N2O4S. The van der Waals surface area contributed by atoms with E-state index >= 15 is 0 Å². The van der Waals surface area contributed by atoms with Gasteiger partial charge in [-0.25, -0.2) is 8.42 Å². The molecule has 0 aliphatic carbocycles. The molecular weight excluding hydrogens is 448 g/mol. The van der Waals surface area contributed by atoms with E-state index in [9.17, 15) is 13.2 Å². The lowest BCUT2D eigenvalue weighted by Gasteiger charge is -2.27. The average molecular weight is 481 g/mol. The van der Waals surface area contributed by atoms with E-state index in [1.165, 1.54) is 4.31 Å². The first-order valence-corrected chi connectivity index (χ1v) is 12.8. The first-order chi connectivity index (χ1) is 16.3. The number of nitrogens with one attached hydrogen (secondary N) is 1. The zero-order valence-electron chi connectivity index (χ0n) is 20.1. The van der Waals surface area contributed by atoms with Crippen LogP contribution in [0.2, 0.25) is 0 Å². The lowest BCUT2D eigenvalue weighted by molar-refractivity contribution is -0.120. The van der Waals surface area contributed by atoms with Crippen LogP contribution in [0.1, 0.15) is 43.0 Å². The summed E-state index contributed by atoms with van der Waals surface area (Å²) >= 11 is 0. The monoisotopic (exact) mass is 480 g/mol. The van der Waals surface area contributed by atoms with Crippen LogP contribution in [0.3, 0.4) is 0 Å². The maximum absolute atomic E-state index is 13.6. The molecule has 1 atom stereocenters. The molecule has 0 bridgehead atoms. The van der Waals surface area contributed by atoms with Crippen molar-refractivity contribution >= 4 is 21.6 Å². The number of nitrogens with zero attached hydrogens (tertiary/aromatic N) is 1. The summed E-state index contributed by atoms with van der Waals surface area (Å²) < 4.78 is 33.8. The van der Waals surface area contributed by atoms with E-state index in [0.29, 0.717) is 18.5 Å². The Morgan fingerprint density at radius 1 is 1.00 bits per heavy atom. The summed E-state index contributed by atoms with van der Waals surface area (Å²) in [4.78, 5) is 13.4. The molecule has 180 valence electrons. The van der Waals surface area contributed by atoms with E-state index in [-0.39, 0.29) is 23.4 Å². The minimum atomic E-state index is -3.95. The summed E-state index contributed by atoms with van der Waals surface area (Å²) in [6, 6.07) is 21.0. The van der Waals surface area contributed by atoms with Gasteiger partial charge in [0.1, 0.15) is 12.3 Å². The van der Waals surface area contributed by atoms with Gasteiger partial charge in [0.05, 0.1) is 23.7 Å². The van der Waals surface area contributed by atoms with E-state index in [0.717, 1.165) is 22.4 Å². The molecule has 7 heteroatoms. The van der Waals surface area contributed by atoms with Gasteiger partial charge in [-0.2, -0.15) is 0 Å². The molecule has 0 aliphatic rings. The molecule has 3 aromatic carbocycles. The van der Waals surface area contributed by atoms with Gasteiger partial charge in [-0.15, -0.1) is 0 Å². The second kappa shape index (κ2) is 11.2. The van der Waals surface area contributed by atoms with E-state index in [1.807, 2.05) is 51.1 Å². The SMILES string of the molecule is CCc1ccccc1N(CC(=O)N[C@H](CC)c1ccc(OC)c(C)c1)S(=O)(=O)c1ccccc1. The third-order valence-corrected chi connectivity index (χ3v) is 7.60. The van der Waals surface area contributed by atoms with Crippen LogP contribution in [-0.4, -0.2) is 28.0 Å². The number of para-hydroxylation sites is 1. The minimum absolute atomic E-state index is 0.145. The van der Waals surface area contributed by atoms with Crippen LogP contribution in [0.5, 0.6) is 5.75 Å². The molecule has 0 unspecified atom stereocenters. The number of amides is 1. The van der Waals surface area contributed by atoms with E-state index < -0.39 is 10.0 Å². The fourth-order valence-corrected chi connectivity index (χ4v) is 5.46. The van der Waals surface area contributed by atoms with Crippen molar-refractivity contribution < 1.29 is 17.9 Å². The predicted octanol–water partition coefficient (Wildman–Crippen LogP) is 5.03. The van der Waals surface area contributed by atoms with Crippen LogP contribution in [0.15, 0.2) is 77.7 Å². The van der Waals surface area contributed by atoms with Gasteiger partial charge in [-0.3, -0.25) is 9.10 Å². The minimum Gasteiger partial charge on any atom is -0.496 e. The molecule has 0 aliphatic heterocycles. The fourth-order valence-electron chi connectivity index (χ4n) is 3.98. The maximum atomic E-state index is 13.6. The summed E-state index contributed by atoms with van der Waals surface area (Å²) in [7, 11) is -2.33. The number of ether oxygens (including phenoxy) is 1. The van der Waals surface area contributed by atoms with Crippen LogP contribution < -0.4 is 14.4 Å². The lowest BCUT2D eigenvalue weighted by Crippen LogP contribution is -2.42. The zero-order valence-corrected chi connectivity index (χ0v) is 20.9. The smallest absolute Gasteiger partial charge is 0.264 e. The quantitative estimate of drug-likeness (QED) is 0.442. The number of methoxy groups -OCH3 is 1. The highest BCUT2D eigenvalue weighted by Gasteiger charge is 2.29. The molecule has 0 radical (unpaired) electrons. The number of carbonyl (C=O) groups excluding carboxylic acids is 1. The van der Waals surface area contributed by atoms with Crippen LogP contribution >= 0.6 is 0 Å². The molecule has 3 aromatic rings. The van der Waals surface area contributed by atoms with Crippen LogP contribution in [0.25, 0.3) is 0 Å². The maximum Gasteiger partial charge on any atom is 0.264 e. The summed E-state index contributed by atoms with van der Waals surface area (Å²) in [5.41, 5.74) is 3.28. The molecule has 3 rings (SSSR count). The summed E-state index contributed by atoms with van der Waals surface area (Å²) in [5.74, 6) is 0.409. The van der Waals surface area contributed by atoms with Crippen molar-refractivity contribution in [3.05, 3.63) is 89.5 Å². The fraction of sp³-hybridized carbons (Fsp3) is 0.296. The largest absolute Gasteiger partial charge is 0.496 e. The van der Waals surface area contributed by atoms with Gasteiger partial charge in [0.15, 0.2) is 0 Å². The van der Waals surface area contributed by atoms with Crippen molar-refractivity contribution in [1.29, 1.82) is 0 Å². The second-order valence-electron chi connectivity index (χ2n) is 8.06. The van der Waals surface area contributed by atoms with Crippen molar-refractivity contribution in [1.82, 2.24) is 5.32 Å². The van der Waals surface area contributed by atoms with E-state index in [1.54, 1.807) is 49.6 Å². The molecule has 1 N–H and O–H groups in total. The van der Waals surface area contributed by atoms with Crippen molar-refractivity contribution in [2.75, 3.05) is 18.0 Å². The van der Waals surface area contributed by atoms with Crippen molar-refractivity contribution in [2.24, 2.45) is 0 Å². The summed E-state index contributed by atoms with van der Waals surface area (Å²) in [5, 5.41) is 3.02. The molecule has 0 spiro atoms. The van der Waals surface area contributed by atoms with Crippen molar-refractivity contribution in [3.63, 3.8) is 0 Å². The van der Waals surface area contributed by atoms with Crippen molar-refractivity contribution in [3.8, 4) is 5.75 Å². The molecule has 1 amide bonds. The predicted molar refractivity (Wildman–Crippen MR) is 136 cm³/mol. The van der Waals surface area contributed by atoms with E-state index in [2.05, 4.69) is 5.32 Å². The average Bonchev–Trinajstić information content (AvgIpc) is 2.86. The molecule has 6 nitrogen and oxygen atoms in total. The molecule has 0 heterocycles. The number of benzene rings is 3. The number of hydrogen-bond donors (Lipinski definition) is 1. The van der Waals surface area contributed by atoms with Crippen molar-refractivity contribution in [2.45, 2.75) is 44.6 Å². The Morgan fingerprint density at radius 3 is 2.29 bits per heavy atom.